The fraction of sp³-hybridized carbons (Fsp3) is 0.625. The zero-order valence-corrected chi connectivity index (χ0v) is 7.98. The lowest BCUT2D eigenvalue weighted by atomic mass is 10.2. The molecule has 0 bridgehead atoms. The van der Waals surface area contributed by atoms with E-state index in [2.05, 4.69) is 9.47 Å². The molecular weight excluding hydrogens is 190 g/mol. The Hall–Kier alpha value is -1.59. The fourth-order valence-corrected chi connectivity index (χ4v) is 1.35. The number of ether oxygens (including phenoxy) is 2. The Labute approximate surface area is 80.8 Å². The molecule has 1 saturated heterocycles. The number of nitrogens with zero attached hydrogens (tertiary/aromatic N) is 1. The summed E-state index contributed by atoms with van der Waals surface area (Å²) in [4.78, 5) is 34.4. The van der Waals surface area contributed by atoms with Crippen LogP contribution in [-0.4, -0.2) is 49.6 Å². The molecule has 1 rings (SSSR count). The monoisotopic (exact) mass is 201 g/mol. The van der Waals surface area contributed by atoms with Crippen molar-refractivity contribution in [3.8, 4) is 0 Å². The van der Waals surface area contributed by atoms with Crippen molar-refractivity contribution in [2.45, 2.75) is 12.5 Å². The maximum atomic E-state index is 11.2. The molecule has 0 unspecified atom stereocenters. The van der Waals surface area contributed by atoms with Crippen LogP contribution in [0.3, 0.4) is 0 Å². The van der Waals surface area contributed by atoms with E-state index in [4.69, 9.17) is 0 Å². The second-order valence-electron chi connectivity index (χ2n) is 2.88. The first-order valence-corrected chi connectivity index (χ1v) is 4.04. The number of rotatable bonds is 1. The van der Waals surface area contributed by atoms with E-state index in [0.717, 1.165) is 4.90 Å². The molecule has 0 aromatic rings. The standard InChI is InChI=1S/C8H11NO5/c1-13-7(11)6-3-5(10)4-9(6)8(12)14-2/h6H,3-4H2,1-2H3/t6-/m0/s1. The van der Waals surface area contributed by atoms with Gasteiger partial charge < -0.3 is 9.47 Å². The average Bonchev–Trinajstić information content (AvgIpc) is 2.58. The maximum Gasteiger partial charge on any atom is 0.410 e. The van der Waals surface area contributed by atoms with E-state index >= 15 is 0 Å². The molecule has 1 atom stereocenters. The Morgan fingerprint density at radius 1 is 1.36 bits per heavy atom. The highest BCUT2D eigenvalue weighted by Gasteiger charge is 2.40. The van der Waals surface area contributed by atoms with Crippen molar-refractivity contribution in [2.75, 3.05) is 20.8 Å². The number of esters is 1. The van der Waals surface area contributed by atoms with Gasteiger partial charge in [-0.25, -0.2) is 9.59 Å². The molecule has 1 fully saturated rings. The summed E-state index contributed by atoms with van der Waals surface area (Å²) in [5.41, 5.74) is 0. The van der Waals surface area contributed by atoms with Crippen LogP contribution in [0, 0.1) is 0 Å². The van der Waals surface area contributed by atoms with Gasteiger partial charge in [-0.1, -0.05) is 0 Å². The van der Waals surface area contributed by atoms with Crippen molar-refractivity contribution >= 4 is 17.8 Å². The van der Waals surface area contributed by atoms with Crippen molar-refractivity contribution in [3.05, 3.63) is 0 Å². The predicted molar refractivity (Wildman–Crippen MR) is 44.5 cm³/mol. The number of hydrogen-bond acceptors (Lipinski definition) is 5. The number of ketones is 1. The van der Waals surface area contributed by atoms with Crippen LogP contribution in [0.5, 0.6) is 0 Å². The third-order valence-electron chi connectivity index (χ3n) is 2.03. The summed E-state index contributed by atoms with van der Waals surface area (Å²) in [5, 5.41) is 0. The quantitative estimate of drug-likeness (QED) is 0.538. The van der Waals surface area contributed by atoms with Gasteiger partial charge in [-0.05, 0) is 0 Å². The summed E-state index contributed by atoms with van der Waals surface area (Å²) in [7, 11) is 2.40. The van der Waals surface area contributed by atoms with Crippen LogP contribution in [0.1, 0.15) is 6.42 Å². The first kappa shape index (κ1) is 10.5. The van der Waals surface area contributed by atoms with Crippen molar-refractivity contribution in [1.82, 2.24) is 4.90 Å². The van der Waals surface area contributed by atoms with Gasteiger partial charge in [-0.3, -0.25) is 9.69 Å². The van der Waals surface area contributed by atoms with Crippen molar-refractivity contribution in [3.63, 3.8) is 0 Å². The molecule has 1 aliphatic heterocycles. The molecule has 0 N–H and O–H groups in total. The maximum absolute atomic E-state index is 11.2. The largest absolute Gasteiger partial charge is 0.467 e. The summed E-state index contributed by atoms with van der Waals surface area (Å²) in [6, 6.07) is -0.833. The summed E-state index contributed by atoms with van der Waals surface area (Å²) >= 11 is 0. The molecule has 1 aliphatic rings. The van der Waals surface area contributed by atoms with Gasteiger partial charge in [0.15, 0.2) is 5.78 Å². The van der Waals surface area contributed by atoms with E-state index in [0.29, 0.717) is 0 Å². The van der Waals surface area contributed by atoms with Crippen LogP contribution >= 0.6 is 0 Å². The molecule has 6 heteroatoms. The summed E-state index contributed by atoms with van der Waals surface area (Å²) < 4.78 is 8.90. The van der Waals surface area contributed by atoms with Gasteiger partial charge in [-0.15, -0.1) is 0 Å². The Bertz CT molecular complexity index is 249. The summed E-state index contributed by atoms with van der Waals surface area (Å²) in [6.07, 6.45) is -0.687. The van der Waals surface area contributed by atoms with Crippen molar-refractivity contribution in [2.24, 2.45) is 0 Å². The lowest BCUT2D eigenvalue weighted by molar-refractivity contribution is -0.145. The van der Waals surface area contributed by atoms with Crippen LogP contribution in [0.25, 0.3) is 0 Å². The zero-order chi connectivity index (χ0) is 10.7. The normalized spacial score (nSPS) is 20.9. The highest BCUT2D eigenvalue weighted by molar-refractivity contribution is 5.95. The molecule has 0 spiro atoms. The fourth-order valence-electron chi connectivity index (χ4n) is 1.35. The Morgan fingerprint density at radius 2 is 2.00 bits per heavy atom. The molecule has 0 aromatic heterocycles. The summed E-state index contributed by atoms with van der Waals surface area (Å²) in [5.74, 6) is -0.771. The molecule has 1 heterocycles. The van der Waals surface area contributed by atoms with E-state index in [9.17, 15) is 14.4 Å². The van der Waals surface area contributed by atoms with Gasteiger partial charge in [0.05, 0.1) is 20.8 Å². The third-order valence-corrected chi connectivity index (χ3v) is 2.03. The molecule has 14 heavy (non-hydrogen) atoms. The lowest BCUT2D eigenvalue weighted by Crippen LogP contribution is -2.41. The van der Waals surface area contributed by atoms with Crippen LogP contribution in [0.15, 0.2) is 0 Å². The lowest BCUT2D eigenvalue weighted by Gasteiger charge is -2.19. The van der Waals surface area contributed by atoms with E-state index in [1.807, 2.05) is 0 Å². The minimum atomic E-state index is -0.833. The predicted octanol–water partition coefficient (Wildman–Crippen LogP) is -0.431. The Kier molecular flexibility index (Phi) is 3.06. The van der Waals surface area contributed by atoms with Crippen LogP contribution in [-0.2, 0) is 19.1 Å². The van der Waals surface area contributed by atoms with Crippen molar-refractivity contribution in [1.29, 1.82) is 0 Å². The van der Waals surface area contributed by atoms with Gasteiger partial charge in [0.1, 0.15) is 6.04 Å². The second-order valence-corrected chi connectivity index (χ2v) is 2.88. The molecule has 0 saturated carbocycles. The highest BCUT2D eigenvalue weighted by Crippen LogP contribution is 2.16. The number of methoxy groups -OCH3 is 2. The molecule has 0 radical (unpaired) electrons. The van der Waals surface area contributed by atoms with E-state index in [1.165, 1.54) is 14.2 Å². The number of Topliss-reactive ketones (excluding diaryl/α,β-unsaturated/α-hetero) is 1. The SMILES string of the molecule is COC(=O)[C@@H]1CC(=O)CN1C(=O)OC. The van der Waals surface area contributed by atoms with E-state index in [-0.39, 0.29) is 18.7 Å². The van der Waals surface area contributed by atoms with Crippen molar-refractivity contribution < 1.29 is 23.9 Å². The number of carbonyl (C=O) groups is 3. The van der Waals surface area contributed by atoms with Crippen LogP contribution in [0.4, 0.5) is 4.79 Å². The number of carbonyl (C=O) groups excluding carboxylic acids is 3. The van der Waals surface area contributed by atoms with E-state index in [1.54, 1.807) is 0 Å². The highest BCUT2D eigenvalue weighted by atomic mass is 16.5. The number of likely N-dealkylation sites (tertiary alicyclic amines) is 1. The first-order chi connectivity index (χ1) is 6.60. The summed E-state index contributed by atoms with van der Waals surface area (Å²) in [6.45, 7) is -0.0908. The third kappa shape index (κ3) is 1.84. The topological polar surface area (TPSA) is 72.9 Å². The van der Waals surface area contributed by atoms with Crippen LogP contribution in [0.2, 0.25) is 0 Å². The van der Waals surface area contributed by atoms with Gasteiger partial charge >= 0.3 is 12.1 Å². The minimum Gasteiger partial charge on any atom is -0.467 e. The molecular formula is C8H11NO5. The van der Waals surface area contributed by atoms with Crippen LogP contribution < -0.4 is 0 Å². The number of hydrogen-bond donors (Lipinski definition) is 0. The molecule has 6 nitrogen and oxygen atoms in total. The van der Waals surface area contributed by atoms with Gasteiger partial charge in [0.2, 0.25) is 0 Å². The Balaban J connectivity index is 2.77. The van der Waals surface area contributed by atoms with Gasteiger partial charge in [0, 0.05) is 6.42 Å². The molecule has 1 amide bonds. The second kappa shape index (κ2) is 4.08. The average molecular weight is 201 g/mol. The Morgan fingerprint density at radius 3 is 2.50 bits per heavy atom. The minimum absolute atomic E-state index is 0.00176. The number of amides is 1. The van der Waals surface area contributed by atoms with E-state index < -0.39 is 18.1 Å². The smallest absolute Gasteiger partial charge is 0.410 e. The molecule has 0 aliphatic carbocycles. The molecule has 0 aromatic carbocycles. The zero-order valence-electron chi connectivity index (χ0n) is 7.98. The van der Waals surface area contributed by atoms with Gasteiger partial charge in [0.25, 0.3) is 0 Å². The molecule has 78 valence electrons. The van der Waals surface area contributed by atoms with Gasteiger partial charge in [-0.2, -0.15) is 0 Å². The first-order valence-electron chi connectivity index (χ1n) is 4.04.